The fourth-order valence-electron chi connectivity index (χ4n) is 2.49. The van der Waals surface area contributed by atoms with E-state index in [4.69, 9.17) is 0 Å². The van der Waals surface area contributed by atoms with Gasteiger partial charge in [0.25, 0.3) is 0 Å². The van der Waals surface area contributed by atoms with Crippen LogP contribution >= 0.6 is 0 Å². The van der Waals surface area contributed by atoms with E-state index in [0.29, 0.717) is 5.41 Å². The molecule has 0 saturated carbocycles. The molecule has 0 radical (unpaired) electrons. The maximum absolute atomic E-state index is 2.34. The zero-order valence-electron chi connectivity index (χ0n) is 11.9. The minimum absolute atomic E-state index is 0.366. The van der Waals surface area contributed by atoms with Gasteiger partial charge in [0.15, 0.2) is 0 Å². The highest BCUT2D eigenvalue weighted by Gasteiger charge is 2.18. The highest BCUT2D eigenvalue weighted by molar-refractivity contribution is 5.67. The topological polar surface area (TPSA) is 3.24 Å². The Labute approximate surface area is 111 Å². The van der Waals surface area contributed by atoms with Gasteiger partial charge in [-0.05, 0) is 23.5 Å². The number of rotatable bonds is 2. The van der Waals surface area contributed by atoms with Gasteiger partial charge in [-0.2, -0.15) is 0 Å². The van der Waals surface area contributed by atoms with Crippen LogP contribution in [0.2, 0.25) is 0 Å². The molecular weight excluding hydrogens is 218 g/mol. The van der Waals surface area contributed by atoms with Crippen molar-refractivity contribution in [2.45, 2.75) is 27.2 Å². The molecule has 0 aromatic heterocycles. The second kappa shape index (κ2) is 5.01. The first-order chi connectivity index (χ1) is 8.46. The summed E-state index contributed by atoms with van der Waals surface area (Å²) < 4.78 is 0. The molecule has 0 atom stereocenters. The summed E-state index contributed by atoms with van der Waals surface area (Å²) in [6.45, 7) is 7.93. The van der Waals surface area contributed by atoms with E-state index < -0.39 is 0 Å². The van der Waals surface area contributed by atoms with Crippen molar-refractivity contribution in [1.82, 2.24) is 4.90 Å². The van der Waals surface area contributed by atoms with E-state index in [1.54, 1.807) is 0 Å². The van der Waals surface area contributed by atoms with Crippen molar-refractivity contribution < 1.29 is 0 Å². The first kappa shape index (κ1) is 12.9. The van der Waals surface area contributed by atoms with Gasteiger partial charge >= 0.3 is 0 Å². The molecule has 1 aromatic carbocycles. The van der Waals surface area contributed by atoms with E-state index in [1.807, 2.05) is 0 Å². The van der Waals surface area contributed by atoms with Gasteiger partial charge in [0.1, 0.15) is 0 Å². The summed E-state index contributed by atoms with van der Waals surface area (Å²) >= 11 is 0. The van der Waals surface area contributed by atoms with E-state index >= 15 is 0 Å². The molecule has 0 saturated heterocycles. The van der Waals surface area contributed by atoms with Crippen molar-refractivity contribution >= 4 is 5.70 Å². The van der Waals surface area contributed by atoms with Crippen molar-refractivity contribution in [2.24, 2.45) is 5.41 Å². The van der Waals surface area contributed by atoms with Crippen molar-refractivity contribution in [3.05, 3.63) is 53.6 Å². The minimum Gasteiger partial charge on any atom is -0.370 e. The molecule has 1 heteroatoms. The summed E-state index contributed by atoms with van der Waals surface area (Å²) in [7, 11) is 2.18. The van der Waals surface area contributed by atoms with Crippen molar-refractivity contribution in [1.29, 1.82) is 0 Å². The summed E-state index contributed by atoms with van der Waals surface area (Å²) in [4.78, 5) is 2.34. The summed E-state index contributed by atoms with van der Waals surface area (Å²) in [5.41, 5.74) is 4.49. The van der Waals surface area contributed by atoms with Gasteiger partial charge in [0.2, 0.25) is 0 Å². The maximum atomic E-state index is 2.34. The zero-order valence-corrected chi connectivity index (χ0v) is 11.9. The third-order valence-electron chi connectivity index (χ3n) is 3.16. The van der Waals surface area contributed by atoms with Gasteiger partial charge in [-0.25, -0.2) is 0 Å². The van der Waals surface area contributed by atoms with Crippen molar-refractivity contribution in [3.63, 3.8) is 0 Å². The molecule has 1 aromatic rings. The lowest BCUT2D eigenvalue weighted by molar-refractivity contribution is 0.388. The van der Waals surface area contributed by atoms with Crippen LogP contribution in [0.1, 0.15) is 32.8 Å². The van der Waals surface area contributed by atoms with Crippen LogP contribution in [0.25, 0.3) is 5.70 Å². The minimum atomic E-state index is 0.366. The average molecular weight is 241 g/mol. The summed E-state index contributed by atoms with van der Waals surface area (Å²) in [6, 6.07) is 10.6. The lowest BCUT2D eigenvalue weighted by atomic mass is 9.86. The van der Waals surface area contributed by atoms with Gasteiger partial charge in [0.05, 0.1) is 0 Å². The van der Waals surface area contributed by atoms with Gasteiger partial charge in [-0.1, -0.05) is 62.8 Å². The summed E-state index contributed by atoms with van der Waals surface area (Å²) in [5, 5.41) is 0. The molecule has 0 N–H and O–H groups in total. The lowest BCUT2D eigenvalue weighted by Crippen LogP contribution is -2.24. The fourth-order valence-corrected chi connectivity index (χ4v) is 2.49. The van der Waals surface area contributed by atoms with Crippen LogP contribution in [-0.4, -0.2) is 18.5 Å². The van der Waals surface area contributed by atoms with Crippen molar-refractivity contribution in [3.8, 4) is 0 Å². The van der Waals surface area contributed by atoms with Gasteiger partial charge in [0, 0.05) is 19.3 Å². The predicted octanol–water partition coefficient (Wildman–Crippen LogP) is 4.34. The van der Waals surface area contributed by atoms with Crippen molar-refractivity contribution in [2.75, 3.05) is 13.6 Å². The molecule has 0 unspecified atom stereocenters. The molecule has 1 aliphatic rings. The molecule has 0 spiro atoms. The normalized spacial score (nSPS) is 16.3. The maximum Gasteiger partial charge on any atom is 0.0440 e. The molecule has 1 heterocycles. The number of benzene rings is 1. The Morgan fingerprint density at radius 2 is 1.72 bits per heavy atom. The molecular formula is C17H23N. The Balaban J connectivity index is 2.20. The van der Waals surface area contributed by atoms with Gasteiger partial charge < -0.3 is 4.90 Å². The van der Waals surface area contributed by atoms with Gasteiger partial charge in [-0.15, -0.1) is 0 Å². The molecule has 0 fully saturated rings. The van der Waals surface area contributed by atoms with Crippen LogP contribution in [0.15, 0.2) is 48.1 Å². The Hall–Kier alpha value is -1.50. The van der Waals surface area contributed by atoms with Crippen LogP contribution in [-0.2, 0) is 0 Å². The Bertz CT molecular complexity index is 460. The number of hydrogen-bond donors (Lipinski definition) is 0. The number of likely N-dealkylation sites (N-methyl/N-ethyl adjacent to an activating group) is 1. The molecule has 96 valence electrons. The predicted molar refractivity (Wildman–Crippen MR) is 79.2 cm³/mol. The van der Waals surface area contributed by atoms with Gasteiger partial charge in [-0.3, -0.25) is 0 Å². The third-order valence-corrected chi connectivity index (χ3v) is 3.16. The highest BCUT2D eigenvalue weighted by Crippen LogP contribution is 2.29. The van der Waals surface area contributed by atoms with E-state index in [9.17, 15) is 0 Å². The fraction of sp³-hybridized carbons (Fsp3) is 0.412. The Morgan fingerprint density at radius 1 is 1.06 bits per heavy atom. The van der Waals surface area contributed by atoms with E-state index in [0.717, 1.165) is 13.0 Å². The molecule has 2 rings (SSSR count). The molecule has 1 nitrogen and oxygen atoms in total. The Kier molecular flexibility index (Phi) is 3.60. The van der Waals surface area contributed by atoms with Crippen LogP contribution in [0.5, 0.6) is 0 Å². The molecule has 18 heavy (non-hydrogen) atoms. The zero-order chi connectivity index (χ0) is 13.2. The molecule has 0 aliphatic carbocycles. The second-order valence-corrected chi connectivity index (χ2v) is 6.34. The van der Waals surface area contributed by atoms with E-state index in [-0.39, 0.29) is 0 Å². The van der Waals surface area contributed by atoms with Crippen LogP contribution in [0.3, 0.4) is 0 Å². The largest absolute Gasteiger partial charge is 0.370 e. The van der Waals surface area contributed by atoms with Crippen LogP contribution < -0.4 is 0 Å². The van der Waals surface area contributed by atoms with Crippen LogP contribution in [0, 0.1) is 5.41 Å². The third kappa shape index (κ3) is 3.25. The second-order valence-electron chi connectivity index (χ2n) is 6.34. The average Bonchev–Trinajstić information content (AvgIpc) is 2.28. The Morgan fingerprint density at radius 3 is 2.28 bits per heavy atom. The van der Waals surface area contributed by atoms with E-state index in [2.05, 4.69) is 75.2 Å². The quantitative estimate of drug-likeness (QED) is 0.744. The number of hydrogen-bond acceptors (Lipinski definition) is 1. The molecule has 0 amide bonds. The molecule has 1 aliphatic heterocycles. The monoisotopic (exact) mass is 241 g/mol. The SMILES string of the molecule is CN1CC(CC(C)(C)C)=CC=C1c1ccccc1. The standard InChI is InChI=1S/C17H23N/c1-17(2,3)12-14-10-11-16(18(4)13-14)15-8-6-5-7-9-15/h5-11H,12-13H2,1-4H3. The number of allylic oxidation sites excluding steroid dienone is 2. The first-order valence-electron chi connectivity index (χ1n) is 6.62. The smallest absolute Gasteiger partial charge is 0.0440 e. The van der Waals surface area contributed by atoms with E-state index in [1.165, 1.54) is 16.8 Å². The first-order valence-corrected chi connectivity index (χ1v) is 6.62. The lowest BCUT2D eigenvalue weighted by Gasteiger charge is -2.30. The summed E-state index contributed by atoms with van der Waals surface area (Å²) in [5.74, 6) is 0. The van der Waals surface area contributed by atoms with Crippen LogP contribution in [0.4, 0.5) is 0 Å². The highest BCUT2D eigenvalue weighted by atomic mass is 15.1. The molecule has 0 bridgehead atoms. The number of nitrogens with zero attached hydrogens (tertiary/aromatic N) is 1. The summed E-state index contributed by atoms with van der Waals surface area (Å²) in [6.07, 6.45) is 5.71.